The SMILES string of the molecule is CC[n+]1c(OC)c(C(=O)c2cccs2)n2c1SCC2c1ccc(Cl)nc1. The van der Waals surface area contributed by atoms with E-state index < -0.39 is 0 Å². The van der Waals surface area contributed by atoms with Crippen molar-refractivity contribution in [1.82, 2.24) is 9.55 Å². The molecular formula is C18H17ClN3O2S2+. The van der Waals surface area contributed by atoms with Crippen LogP contribution in [0.25, 0.3) is 0 Å². The lowest BCUT2D eigenvalue weighted by Gasteiger charge is -2.10. The highest BCUT2D eigenvalue weighted by Crippen LogP contribution is 2.41. The first-order valence-corrected chi connectivity index (χ1v) is 10.4. The highest BCUT2D eigenvalue weighted by molar-refractivity contribution is 7.99. The summed E-state index contributed by atoms with van der Waals surface area (Å²) in [6.07, 6.45) is 1.78. The van der Waals surface area contributed by atoms with Crippen molar-refractivity contribution >= 4 is 40.5 Å². The van der Waals surface area contributed by atoms with Crippen LogP contribution in [0.2, 0.25) is 5.15 Å². The first-order valence-electron chi connectivity index (χ1n) is 8.20. The van der Waals surface area contributed by atoms with Gasteiger partial charge in [-0.1, -0.05) is 23.7 Å². The smallest absolute Gasteiger partial charge is 0.337 e. The standard InChI is InChI=1S/C18H17ClN3O2S2/c1-3-21-17(24-2)15(16(23)13-5-4-8-25-13)22-12(10-26-18(21)22)11-6-7-14(19)20-9-11/h4-9,12H,3,10H2,1-2H3/q+1. The minimum absolute atomic E-state index is 0.0141. The van der Waals surface area contributed by atoms with Gasteiger partial charge < -0.3 is 4.74 Å². The maximum atomic E-state index is 13.3. The summed E-state index contributed by atoms with van der Waals surface area (Å²) in [6.45, 7) is 2.79. The van der Waals surface area contributed by atoms with Crippen molar-refractivity contribution < 1.29 is 14.1 Å². The zero-order chi connectivity index (χ0) is 18.3. The summed E-state index contributed by atoms with van der Waals surface area (Å²) in [6, 6.07) is 7.51. The van der Waals surface area contributed by atoms with E-state index in [-0.39, 0.29) is 11.8 Å². The van der Waals surface area contributed by atoms with Crippen LogP contribution in [0, 0.1) is 0 Å². The molecule has 0 aromatic carbocycles. The number of methoxy groups -OCH3 is 1. The predicted octanol–water partition coefficient (Wildman–Crippen LogP) is 3.84. The number of fused-ring (bicyclic) bond motifs is 1. The Kier molecular flexibility index (Phi) is 4.77. The molecule has 0 saturated heterocycles. The fourth-order valence-corrected chi connectivity index (χ4v) is 5.40. The number of thioether (sulfide) groups is 1. The van der Waals surface area contributed by atoms with Crippen molar-refractivity contribution in [2.45, 2.75) is 24.7 Å². The van der Waals surface area contributed by atoms with Gasteiger partial charge in [0.1, 0.15) is 11.2 Å². The number of nitrogens with zero attached hydrogens (tertiary/aromatic N) is 3. The molecule has 0 amide bonds. The molecule has 3 aromatic heterocycles. The maximum absolute atomic E-state index is 13.3. The lowest BCUT2D eigenvalue weighted by Crippen LogP contribution is -2.34. The molecule has 1 unspecified atom stereocenters. The van der Waals surface area contributed by atoms with Crippen LogP contribution in [0.5, 0.6) is 5.88 Å². The fraction of sp³-hybridized carbons (Fsp3) is 0.278. The van der Waals surface area contributed by atoms with Crippen LogP contribution in [0.4, 0.5) is 0 Å². The first kappa shape index (κ1) is 17.6. The van der Waals surface area contributed by atoms with Crippen LogP contribution < -0.4 is 9.30 Å². The Bertz CT molecular complexity index is 952. The summed E-state index contributed by atoms with van der Waals surface area (Å²) in [5.74, 6) is 1.44. The average Bonchev–Trinajstić information content (AvgIpc) is 3.37. The third-order valence-corrected chi connectivity index (χ3v) is 6.66. The molecule has 0 spiro atoms. The zero-order valence-electron chi connectivity index (χ0n) is 14.3. The largest absolute Gasteiger partial charge is 0.462 e. The zero-order valence-corrected chi connectivity index (χ0v) is 16.7. The van der Waals surface area contributed by atoms with E-state index in [2.05, 4.69) is 21.0 Å². The van der Waals surface area contributed by atoms with Crippen LogP contribution in [0.15, 0.2) is 41.0 Å². The number of ketones is 1. The van der Waals surface area contributed by atoms with Crippen LogP contribution >= 0.6 is 34.7 Å². The van der Waals surface area contributed by atoms with Gasteiger partial charge in [0.15, 0.2) is 0 Å². The van der Waals surface area contributed by atoms with Crippen molar-refractivity contribution in [3.63, 3.8) is 0 Å². The van der Waals surface area contributed by atoms with Crippen LogP contribution in [0.3, 0.4) is 0 Å². The van der Waals surface area contributed by atoms with Crippen molar-refractivity contribution in [2.24, 2.45) is 0 Å². The van der Waals surface area contributed by atoms with Crippen molar-refractivity contribution in [1.29, 1.82) is 0 Å². The molecule has 1 aliphatic rings. The topological polar surface area (TPSA) is 48.0 Å². The average molecular weight is 407 g/mol. The Hall–Kier alpha value is -1.83. The number of imidazole rings is 1. The van der Waals surface area contributed by atoms with E-state index >= 15 is 0 Å². The molecule has 8 heteroatoms. The number of halogens is 1. The molecule has 4 heterocycles. The minimum atomic E-state index is -0.0141. The number of carbonyl (C=O) groups excluding carboxylic acids is 1. The summed E-state index contributed by atoms with van der Waals surface area (Å²) in [5, 5.41) is 3.41. The van der Waals surface area contributed by atoms with Crippen molar-refractivity contribution in [3.05, 3.63) is 57.1 Å². The molecule has 1 atom stereocenters. The molecule has 134 valence electrons. The molecule has 0 radical (unpaired) electrons. The molecule has 5 nitrogen and oxygen atoms in total. The van der Waals surface area contributed by atoms with Gasteiger partial charge in [0.25, 0.3) is 5.69 Å². The quantitative estimate of drug-likeness (QED) is 0.367. The predicted molar refractivity (Wildman–Crippen MR) is 103 cm³/mol. The van der Waals surface area contributed by atoms with Gasteiger partial charge in [0, 0.05) is 11.8 Å². The van der Waals surface area contributed by atoms with Gasteiger partial charge in [-0.3, -0.25) is 4.79 Å². The minimum Gasteiger partial charge on any atom is -0.462 e. The Morgan fingerprint density at radius 3 is 2.92 bits per heavy atom. The summed E-state index contributed by atoms with van der Waals surface area (Å²) in [5.41, 5.74) is 1.62. The van der Waals surface area contributed by atoms with E-state index in [0.29, 0.717) is 21.6 Å². The van der Waals surface area contributed by atoms with Gasteiger partial charge in [-0.25, -0.2) is 9.55 Å². The van der Waals surface area contributed by atoms with Gasteiger partial charge in [-0.15, -0.1) is 11.3 Å². The Morgan fingerprint density at radius 2 is 2.31 bits per heavy atom. The number of rotatable bonds is 5. The van der Waals surface area contributed by atoms with Crippen molar-refractivity contribution in [2.75, 3.05) is 12.9 Å². The van der Waals surface area contributed by atoms with E-state index in [4.69, 9.17) is 16.3 Å². The molecule has 26 heavy (non-hydrogen) atoms. The van der Waals surface area contributed by atoms with Gasteiger partial charge in [-0.2, -0.15) is 4.57 Å². The lowest BCUT2D eigenvalue weighted by molar-refractivity contribution is -0.733. The second-order valence-corrected chi connectivity index (χ2v) is 8.12. The first-order chi connectivity index (χ1) is 12.7. The van der Waals surface area contributed by atoms with Crippen LogP contribution in [-0.2, 0) is 6.54 Å². The second-order valence-electron chi connectivity index (χ2n) is 5.80. The molecule has 0 N–H and O–H groups in total. The third kappa shape index (κ3) is 2.74. The van der Waals surface area contributed by atoms with Gasteiger partial charge in [0.05, 0.1) is 24.3 Å². The highest BCUT2D eigenvalue weighted by atomic mass is 35.5. The Balaban J connectivity index is 1.91. The van der Waals surface area contributed by atoms with Gasteiger partial charge >= 0.3 is 11.0 Å². The second kappa shape index (κ2) is 7.06. The third-order valence-electron chi connectivity index (χ3n) is 4.41. The monoisotopic (exact) mass is 406 g/mol. The number of hydrogen-bond donors (Lipinski definition) is 0. The number of carbonyl (C=O) groups is 1. The van der Waals surface area contributed by atoms with E-state index in [1.807, 2.05) is 23.6 Å². The number of aromatic nitrogens is 3. The van der Waals surface area contributed by atoms with Crippen LogP contribution in [-0.4, -0.2) is 28.2 Å². The van der Waals surface area contributed by atoms with E-state index in [9.17, 15) is 4.79 Å². The maximum Gasteiger partial charge on any atom is 0.337 e. The summed E-state index contributed by atoms with van der Waals surface area (Å²) >= 11 is 9.11. The van der Waals surface area contributed by atoms with E-state index in [1.165, 1.54) is 11.3 Å². The van der Waals surface area contributed by atoms with Gasteiger partial charge in [0.2, 0.25) is 5.78 Å². The summed E-state index contributed by atoms with van der Waals surface area (Å²) in [4.78, 5) is 18.2. The highest BCUT2D eigenvalue weighted by Gasteiger charge is 2.44. The Morgan fingerprint density at radius 1 is 1.46 bits per heavy atom. The van der Waals surface area contributed by atoms with Crippen LogP contribution in [0.1, 0.15) is 33.9 Å². The van der Waals surface area contributed by atoms with Crippen molar-refractivity contribution in [3.8, 4) is 5.88 Å². The molecule has 0 fully saturated rings. The van der Waals surface area contributed by atoms with E-state index in [1.54, 1.807) is 31.1 Å². The number of pyridine rings is 1. The molecule has 0 aliphatic carbocycles. The molecule has 0 bridgehead atoms. The number of ether oxygens (including phenoxy) is 1. The Labute approximate surface area is 164 Å². The van der Waals surface area contributed by atoms with E-state index in [0.717, 1.165) is 23.0 Å². The summed E-state index contributed by atoms with van der Waals surface area (Å²) in [7, 11) is 1.62. The fourth-order valence-electron chi connectivity index (χ4n) is 3.25. The number of thiophene rings is 1. The lowest BCUT2D eigenvalue weighted by atomic mass is 10.1. The molecular weight excluding hydrogens is 390 g/mol. The number of hydrogen-bond acceptors (Lipinski definition) is 5. The normalized spacial score (nSPS) is 15.9. The van der Waals surface area contributed by atoms with Gasteiger partial charge in [-0.05, 0) is 36.2 Å². The molecule has 3 aromatic rings. The summed E-state index contributed by atoms with van der Waals surface area (Å²) < 4.78 is 9.82. The molecule has 4 rings (SSSR count). The molecule has 1 aliphatic heterocycles. The molecule has 0 saturated carbocycles.